The maximum atomic E-state index is 12.6. The fourth-order valence-corrected chi connectivity index (χ4v) is 3.51. The molecule has 2 amide bonds. The van der Waals surface area contributed by atoms with Crippen LogP contribution in [-0.4, -0.2) is 34.8 Å². The van der Waals surface area contributed by atoms with Crippen molar-refractivity contribution in [3.05, 3.63) is 57.3 Å². The van der Waals surface area contributed by atoms with Gasteiger partial charge in [-0.3, -0.25) is 9.59 Å². The molecule has 1 aromatic heterocycles. The third-order valence-corrected chi connectivity index (χ3v) is 5.04. The highest BCUT2D eigenvalue weighted by molar-refractivity contribution is 9.10. The third kappa shape index (κ3) is 4.64. The minimum Gasteiger partial charge on any atom is -0.362 e. The van der Waals surface area contributed by atoms with Crippen molar-refractivity contribution in [2.45, 2.75) is 19.4 Å². The second kappa shape index (κ2) is 8.06. The maximum absolute atomic E-state index is 12.6. The predicted molar refractivity (Wildman–Crippen MR) is 100 cm³/mol. The van der Waals surface area contributed by atoms with E-state index in [2.05, 4.69) is 26.2 Å². The maximum Gasteiger partial charge on any atom is 0.253 e. The summed E-state index contributed by atoms with van der Waals surface area (Å²) in [5.41, 5.74) is 1.53. The first-order valence-electron chi connectivity index (χ1n) is 8.18. The minimum atomic E-state index is -0.177. The molecule has 2 aromatic rings. The van der Waals surface area contributed by atoms with Gasteiger partial charge in [-0.25, -0.2) is 0 Å². The van der Waals surface area contributed by atoms with Crippen molar-refractivity contribution in [3.63, 3.8) is 0 Å². The number of carbonyl (C=O) groups is 2. The van der Waals surface area contributed by atoms with Crippen LogP contribution in [-0.2, 0) is 11.3 Å². The number of rotatable bonds is 4. The molecule has 0 unspecified atom stereocenters. The van der Waals surface area contributed by atoms with Crippen LogP contribution in [0.1, 0.15) is 28.9 Å². The number of likely N-dealkylation sites (tertiary alicyclic amines) is 1. The lowest BCUT2D eigenvalue weighted by atomic mass is 9.96. The Bertz CT molecular complexity index is 760. The van der Waals surface area contributed by atoms with Crippen molar-refractivity contribution in [2.24, 2.45) is 5.92 Å². The van der Waals surface area contributed by atoms with Crippen LogP contribution in [0.4, 0.5) is 0 Å². The number of carbonyl (C=O) groups excluding carboxylic acids is 2. The number of H-pyrrole nitrogens is 1. The number of aromatic nitrogens is 1. The molecule has 1 saturated heterocycles. The lowest BCUT2D eigenvalue weighted by molar-refractivity contribution is -0.126. The molecular formula is C18H19BrClN3O2. The van der Waals surface area contributed by atoms with Crippen LogP contribution in [0.3, 0.4) is 0 Å². The largest absolute Gasteiger partial charge is 0.362 e. The van der Waals surface area contributed by atoms with Gasteiger partial charge in [0.05, 0.1) is 12.5 Å². The summed E-state index contributed by atoms with van der Waals surface area (Å²) >= 11 is 9.24. The number of halogens is 2. The SMILES string of the molecule is O=C(NCc1cc(Br)c[nH]1)[C@@H]1CCCN(C(=O)c2ccc(Cl)cc2)C1. The molecule has 2 N–H and O–H groups in total. The second-order valence-corrected chi connectivity index (χ2v) is 7.51. The van der Waals surface area contributed by atoms with E-state index in [0.29, 0.717) is 30.2 Å². The summed E-state index contributed by atoms with van der Waals surface area (Å²) in [6.07, 6.45) is 3.45. The number of hydrogen-bond donors (Lipinski definition) is 2. The molecule has 0 bridgehead atoms. The Morgan fingerprint density at radius 1 is 1.32 bits per heavy atom. The zero-order valence-corrected chi connectivity index (χ0v) is 15.9. The Labute approximate surface area is 159 Å². The molecule has 1 aromatic carbocycles. The smallest absolute Gasteiger partial charge is 0.253 e. The molecule has 1 aliphatic rings. The van der Waals surface area contributed by atoms with Gasteiger partial charge in [0.15, 0.2) is 0 Å². The quantitative estimate of drug-likeness (QED) is 0.787. The lowest BCUT2D eigenvalue weighted by Crippen LogP contribution is -2.45. The molecule has 2 heterocycles. The highest BCUT2D eigenvalue weighted by Crippen LogP contribution is 2.20. The summed E-state index contributed by atoms with van der Waals surface area (Å²) in [4.78, 5) is 29.9. The van der Waals surface area contributed by atoms with E-state index < -0.39 is 0 Å². The van der Waals surface area contributed by atoms with Crippen molar-refractivity contribution in [1.29, 1.82) is 0 Å². The molecule has 1 aliphatic heterocycles. The standard InChI is InChI=1S/C18H19BrClN3O2/c19-14-8-16(21-9-14)10-22-17(24)13-2-1-7-23(11-13)18(25)12-3-5-15(20)6-4-12/h3-6,8-9,13,21H,1-2,7,10-11H2,(H,22,24)/t13-/m1/s1. The first-order chi connectivity index (χ1) is 12.0. The van der Waals surface area contributed by atoms with E-state index in [0.717, 1.165) is 23.0 Å². The van der Waals surface area contributed by atoms with Crippen LogP contribution in [0, 0.1) is 5.92 Å². The van der Waals surface area contributed by atoms with Gasteiger partial charge in [-0.2, -0.15) is 0 Å². The van der Waals surface area contributed by atoms with Gasteiger partial charge in [-0.1, -0.05) is 11.6 Å². The summed E-state index contributed by atoms with van der Waals surface area (Å²) in [5, 5.41) is 3.54. The van der Waals surface area contributed by atoms with E-state index in [4.69, 9.17) is 11.6 Å². The summed E-state index contributed by atoms with van der Waals surface area (Å²) in [6, 6.07) is 8.78. The Kier molecular flexibility index (Phi) is 5.81. The molecule has 1 fully saturated rings. The Morgan fingerprint density at radius 2 is 2.08 bits per heavy atom. The number of piperidine rings is 1. The number of aromatic amines is 1. The van der Waals surface area contributed by atoms with E-state index in [9.17, 15) is 9.59 Å². The third-order valence-electron chi connectivity index (χ3n) is 4.33. The Morgan fingerprint density at radius 3 is 2.76 bits per heavy atom. The zero-order chi connectivity index (χ0) is 17.8. The van der Waals surface area contributed by atoms with Gasteiger partial charge in [0, 0.05) is 40.0 Å². The Balaban J connectivity index is 1.57. The fraction of sp³-hybridized carbons (Fsp3) is 0.333. The number of nitrogens with one attached hydrogen (secondary N) is 2. The van der Waals surface area contributed by atoms with E-state index in [1.165, 1.54) is 0 Å². The van der Waals surface area contributed by atoms with Crippen LogP contribution < -0.4 is 5.32 Å². The number of benzene rings is 1. The van der Waals surface area contributed by atoms with Crippen LogP contribution in [0.15, 0.2) is 41.0 Å². The molecule has 3 rings (SSSR count). The zero-order valence-electron chi connectivity index (χ0n) is 13.6. The van der Waals surface area contributed by atoms with E-state index in [-0.39, 0.29) is 17.7 Å². The minimum absolute atomic E-state index is 0.0145. The van der Waals surface area contributed by atoms with Crippen molar-refractivity contribution < 1.29 is 9.59 Å². The van der Waals surface area contributed by atoms with Crippen LogP contribution >= 0.6 is 27.5 Å². The number of hydrogen-bond acceptors (Lipinski definition) is 2. The summed E-state index contributed by atoms with van der Waals surface area (Å²) in [5.74, 6) is -0.245. The molecule has 132 valence electrons. The monoisotopic (exact) mass is 423 g/mol. The van der Waals surface area contributed by atoms with Gasteiger partial charge < -0.3 is 15.2 Å². The molecule has 0 saturated carbocycles. The van der Waals surface area contributed by atoms with Gasteiger partial charge in [0.2, 0.25) is 5.91 Å². The molecule has 1 atom stereocenters. The molecule has 5 nitrogen and oxygen atoms in total. The van der Waals surface area contributed by atoms with Crippen molar-refractivity contribution >= 4 is 39.3 Å². The summed E-state index contributed by atoms with van der Waals surface area (Å²) in [7, 11) is 0. The van der Waals surface area contributed by atoms with E-state index in [1.54, 1.807) is 29.2 Å². The van der Waals surface area contributed by atoms with Crippen LogP contribution in [0.25, 0.3) is 0 Å². The first-order valence-corrected chi connectivity index (χ1v) is 9.35. The fourth-order valence-electron chi connectivity index (χ4n) is 2.99. The van der Waals surface area contributed by atoms with Crippen molar-refractivity contribution in [3.8, 4) is 0 Å². The van der Waals surface area contributed by atoms with Gasteiger partial charge in [-0.05, 0) is 59.1 Å². The predicted octanol–water partition coefficient (Wildman–Crippen LogP) is 3.60. The highest BCUT2D eigenvalue weighted by atomic mass is 79.9. The van der Waals surface area contributed by atoms with Crippen LogP contribution in [0.2, 0.25) is 5.02 Å². The Hall–Kier alpha value is -1.79. The second-order valence-electron chi connectivity index (χ2n) is 6.16. The van der Waals surface area contributed by atoms with Crippen molar-refractivity contribution in [1.82, 2.24) is 15.2 Å². The topological polar surface area (TPSA) is 65.2 Å². The van der Waals surface area contributed by atoms with Gasteiger partial charge in [-0.15, -0.1) is 0 Å². The number of nitrogens with zero attached hydrogens (tertiary/aromatic N) is 1. The van der Waals surface area contributed by atoms with Gasteiger partial charge in [0.25, 0.3) is 5.91 Å². The highest BCUT2D eigenvalue weighted by Gasteiger charge is 2.28. The van der Waals surface area contributed by atoms with Gasteiger partial charge >= 0.3 is 0 Å². The van der Waals surface area contributed by atoms with E-state index in [1.807, 2.05) is 12.3 Å². The molecule has 0 spiro atoms. The molecule has 0 aliphatic carbocycles. The van der Waals surface area contributed by atoms with Crippen molar-refractivity contribution in [2.75, 3.05) is 13.1 Å². The first kappa shape index (κ1) is 18.0. The molecular weight excluding hydrogens is 406 g/mol. The van der Waals surface area contributed by atoms with E-state index >= 15 is 0 Å². The lowest BCUT2D eigenvalue weighted by Gasteiger charge is -2.32. The normalized spacial score (nSPS) is 17.4. The van der Waals surface area contributed by atoms with Crippen LogP contribution in [0.5, 0.6) is 0 Å². The average molecular weight is 425 g/mol. The summed E-state index contributed by atoms with van der Waals surface area (Å²) < 4.78 is 0.953. The molecule has 25 heavy (non-hydrogen) atoms. The molecule has 7 heteroatoms. The van der Waals surface area contributed by atoms with Gasteiger partial charge in [0.1, 0.15) is 0 Å². The average Bonchev–Trinajstić information content (AvgIpc) is 3.05. The summed E-state index contributed by atoms with van der Waals surface area (Å²) in [6.45, 7) is 1.57. The number of amides is 2. The molecule has 0 radical (unpaired) electrons.